The molecule has 0 saturated heterocycles. The quantitative estimate of drug-likeness (QED) is 0.544. The van der Waals surface area contributed by atoms with E-state index in [9.17, 15) is 0 Å². The second-order valence-electron chi connectivity index (χ2n) is 3.67. The average molecular weight is 291 g/mol. The molecule has 0 fully saturated rings. The van der Waals surface area contributed by atoms with Crippen LogP contribution in [0.5, 0.6) is 0 Å². The predicted octanol–water partition coefficient (Wildman–Crippen LogP) is 1.17. The van der Waals surface area contributed by atoms with Crippen molar-refractivity contribution < 1.29 is 5.11 Å². The van der Waals surface area contributed by atoms with E-state index in [1.165, 1.54) is 0 Å². The molecule has 0 aromatic carbocycles. The Morgan fingerprint density at radius 2 is 1.50 bits per heavy atom. The van der Waals surface area contributed by atoms with Crippen LogP contribution in [0.15, 0.2) is 0 Å². The zero-order valence-electron chi connectivity index (χ0n) is 10.8. The number of hydrogen-bond donors (Lipinski definition) is 2. The fourth-order valence-corrected chi connectivity index (χ4v) is 1.84. The first-order chi connectivity index (χ1) is 7.04. The minimum Gasteiger partial charge on any atom is -0.396 e. The zero-order valence-corrected chi connectivity index (χ0v) is 13.4. The van der Waals surface area contributed by atoms with Gasteiger partial charge in [-0.25, -0.2) is 0 Å². The summed E-state index contributed by atoms with van der Waals surface area (Å²) in [5.41, 5.74) is 0. The minimum absolute atomic E-state index is 0. The second-order valence-corrected chi connectivity index (χ2v) is 5.34. The Bertz CT molecular complexity index is 119. The first-order valence-corrected chi connectivity index (χ1v) is 6.92. The molecule has 0 aromatic rings. The molecule has 0 amide bonds. The van der Waals surface area contributed by atoms with Crippen molar-refractivity contribution in [3.63, 3.8) is 0 Å². The third-order valence-electron chi connectivity index (χ3n) is 1.47. The molecule has 0 heterocycles. The van der Waals surface area contributed by atoms with Crippen LogP contribution < -0.4 is 0 Å². The molecule has 0 aliphatic heterocycles. The van der Waals surface area contributed by atoms with Crippen LogP contribution in [0.1, 0.15) is 0 Å². The lowest BCUT2D eigenvalue weighted by molar-refractivity contribution is 0.322. The first-order valence-electron chi connectivity index (χ1n) is 5.13. The summed E-state index contributed by atoms with van der Waals surface area (Å²) in [5.74, 6) is 2.94. The van der Waals surface area contributed by atoms with Crippen LogP contribution in [0, 0.1) is 0 Å². The van der Waals surface area contributed by atoms with E-state index in [2.05, 4.69) is 36.5 Å². The van der Waals surface area contributed by atoms with Crippen LogP contribution >= 0.6 is 36.8 Å². The summed E-state index contributed by atoms with van der Waals surface area (Å²) in [6, 6.07) is 0. The molecule has 0 saturated carbocycles. The highest BCUT2D eigenvalue weighted by atomic mass is 35.5. The van der Waals surface area contributed by atoms with E-state index in [1.54, 1.807) is 11.8 Å². The van der Waals surface area contributed by atoms with E-state index < -0.39 is 0 Å². The maximum atomic E-state index is 8.40. The third kappa shape index (κ3) is 29.4. The fourth-order valence-electron chi connectivity index (χ4n) is 0.614. The standard InChI is InChI=1S/C6H15NOS.C4H11NS.ClH/c1-7(2)3-5-9-6-4-8;1-5(2)3-4-6;/h8H,3-6H2,1-2H3;6H,3-4H2,1-2H3;1H. The van der Waals surface area contributed by atoms with Crippen molar-refractivity contribution in [2.24, 2.45) is 0 Å². The van der Waals surface area contributed by atoms with Gasteiger partial charge in [-0.15, -0.1) is 12.4 Å². The van der Waals surface area contributed by atoms with Gasteiger partial charge in [0.1, 0.15) is 0 Å². The Balaban J connectivity index is -0.000000214. The molecule has 16 heavy (non-hydrogen) atoms. The average Bonchev–Trinajstić information content (AvgIpc) is 2.13. The molecule has 6 heteroatoms. The van der Waals surface area contributed by atoms with Crippen molar-refractivity contribution in [1.82, 2.24) is 9.80 Å². The van der Waals surface area contributed by atoms with E-state index >= 15 is 0 Å². The van der Waals surface area contributed by atoms with Crippen molar-refractivity contribution in [2.75, 3.05) is 65.1 Å². The van der Waals surface area contributed by atoms with Crippen LogP contribution in [0.2, 0.25) is 0 Å². The number of halogens is 1. The molecular formula is C10H27ClN2OS2. The topological polar surface area (TPSA) is 26.7 Å². The van der Waals surface area contributed by atoms with Crippen molar-refractivity contribution in [1.29, 1.82) is 0 Å². The van der Waals surface area contributed by atoms with E-state index in [-0.39, 0.29) is 12.4 Å². The van der Waals surface area contributed by atoms with Gasteiger partial charge in [0, 0.05) is 30.3 Å². The predicted molar refractivity (Wildman–Crippen MR) is 82.6 cm³/mol. The van der Waals surface area contributed by atoms with Gasteiger partial charge in [-0.05, 0) is 28.2 Å². The van der Waals surface area contributed by atoms with Gasteiger partial charge < -0.3 is 14.9 Å². The van der Waals surface area contributed by atoms with E-state index in [0.29, 0.717) is 6.61 Å². The van der Waals surface area contributed by atoms with Crippen molar-refractivity contribution >= 4 is 36.8 Å². The largest absolute Gasteiger partial charge is 0.396 e. The van der Waals surface area contributed by atoms with Gasteiger partial charge in [-0.1, -0.05) is 0 Å². The summed E-state index contributed by atoms with van der Waals surface area (Å²) in [6.45, 7) is 2.48. The molecular weight excluding hydrogens is 264 g/mol. The third-order valence-corrected chi connectivity index (χ3v) is 2.61. The number of nitrogens with zero attached hydrogens (tertiary/aromatic N) is 2. The lowest BCUT2D eigenvalue weighted by atomic mass is 10.7. The minimum atomic E-state index is 0. The van der Waals surface area contributed by atoms with Crippen LogP contribution in [0.3, 0.4) is 0 Å². The van der Waals surface area contributed by atoms with Gasteiger partial charge in [0.05, 0.1) is 6.61 Å². The lowest BCUT2D eigenvalue weighted by Gasteiger charge is -2.07. The molecule has 0 aromatic heterocycles. The number of hydrogen-bond acceptors (Lipinski definition) is 5. The van der Waals surface area contributed by atoms with E-state index in [1.807, 2.05) is 14.1 Å². The summed E-state index contributed by atoms with van der Waals surface area (Å²) < 4.78 is 0. The fraction of sp³-hybridized carbons (Fsp3) is 1.00. The number of aliphatic hydroxyl groups is 1. The Hall–Kier alpha value is 0.870. The molecule has 0 bridgehead atoms. The van der Waals surface area contributed by atoms with Gasteiger partial charge in [-0.2, -0.15) is 24.4 Å². The molecule has 0 aliphatic rings. The van der Waals surface area contributed by atoms with Crippen LogP contribution in [-0.2, 0) is 0 Å². The SMILES string of the molecule is CN(C)CCS.CN(C)CCSCCO.Cl. The molecule has 0 spiro atoms. The first kappa shape index (κ1) is 22.1. The highest BCUT2D eigenvalue weighted by molar-refractivity contribution is 7.99. The van der Waals surface area contributed by atoms with Crippen molar-refractivity contribution in [2.45, 2.75) is 0 Å². The van der Waals surface area contributed by atoms with Gasteiger partial charge in [-0.3, -0.25) is 0 Å². The summed E-state index contributed by atoms with van der Waals surface area (Å²) in [7, 11) is 8.19. The normalized spacial score (nSPS) is 9.75. The number of aliphatic hydroxyl groups excluding tert-OH is 1. The number of thiol groups is 1. The van der Waals surface area contributed by atoms with Crippen molar-refractivity contribution in [3.05, 3.63) is 0 Å². The lowest BCUT2D eigenvalue weighted by Crippen LogP contribution is -2.15. The van der Waals surface area contributed by atoms with E-state index in [4.69, 9.17) is 5.11 Å². The van der Waals surface area contributed by atoms with Gasteiger partial charge >= 0.3 is 0 Å². The molecule has 0 rings (SSSR count). The Morgan fingerprint density at radius 3 is 1.75 bits per heavy atom. The van der Waals surface area contributed by atoms with Crippen LogP contribution in [-0.4, -0.2) is 80.1 Å². The monoisotopic (exact) mass is 290 g/mol. The summed E-state index contributed by atoms with van der Waals surface area (Å²) in [4.78, 5) is 4.25. The highest BCUT2D eigenvalue weighted by Gasteiger charge is 1.88. The van der Waals surface area contributed by atoms with Crippen molar-refractivity contribution in [3.8, 4) is 0 Å². The van der Waals surface area contributed by atoms with Gasteiger partial charge in [0.15, 0.2) is 0 Å². The molecule has 0 atom stereocenters. The maximum absolute atomic E-state index is 8.40. The highest BCUT2D eigenvalue weighted by Crippen LogP contribution is 1.97. The molecule has 102 valence electrons. The maximum Gasteiger partial charge on any atom is 0.0521 e. The van der Waals surface area contributed by atoms with Crippen LogP contribution in [0.25, 0.3) is 0 Å². The van der Waals surface area contributed by atoms with E-state index in [0.717, 1.165) is 30.3 Å². The molecule has 0 unspecified atom stereocenters. The Morgan fingerprint density at radius 1 is 1.00 bits per heavy atom. The summed E-state index contributed by atoms with van der Waals surface area (Å²) in [5, 5.41) is 8.40. The smallest absolute Gasteiger partial charge is 0.0521 e. The number of rotatable bonds is 7. The molecule has 3 nitrogen and oxygen atoms in total. The molecule has 0 radical (unpaired) electrons. The van der Waals surface area contributed by atoms with Crippen LogP contribution in [0.4, 0.5) is 0 Å². The Labute approximate surface area is 117 Å². The summed E-state index contributed by atoms with van der Waals surface area (Å²) >= 11 is 5.81. The zero-order chi connectivity index (χ0) is 12.1. The second kappa shape index (κ2) is 18.2. The van der Waals surface area contributed by atoms with Gasteiger partial charge in [0.25, 0.3) is 0 Å². The van der Waals surface area contributed by atoms with Gasteiger partial charge in [0.2, 0.25) is 0 Å². The number of thioether (sulfide) groups is 1. The molecule has 1 N–H and O–H groups in total. The summed E-state index contributed by atoms with van der Waals surface area (Å²) in [6.07, 6.45) is 0. The molecule has 0 aliphatic carbocycles. The Kier molecular flexibility index (Phi) is 25.2.